The molecule has 2 fully saturated rings. The van der Waals surface area contributed by atoms with Crippen molar-refractivity contribution in [2.45, 2.75) is 64.4 Å². The highest BCUT2D eigenvalue weighted by molar-refractivity contribution is 5.81. The molecule has 1 aliphatic heterocycles. The van der Waals surface area contributed by atoms with Gasteiger partial charge in [-0.2, -0.15) is 0 Å². The number of carbonyl (C=O) groups excluding carboxylic acids is 1. The fraction of sp³-hybridized carbons (Fsp3) is 0.941. The minimum Gasteiger partial charge on any atom is -0.377 e. The Morgan fingerprint density at radius 2 is 2.10 bits per heavy atom. The molecule has 1 aliphatic carbocycles. The quantitative estimate of drug-likeness (QED) is 0.748. The van der Waals surface area contributed by atoms with Crippen molar-refractivity contribution < 1.29 is 9.53 Å². The Morgan fingerprint density at radius 1 is 1.25 bits per heavy atom. The zero-order valence-corrected chi connectivity index (χ0v) is 13.3. The highest BCUT2D eigenvalue weighted by atomic mass is 16.5. The van der Waals surface area contributed by atoms with Crippen LogP contribution in [0.5, 0.6) is 0 Å². The number of likely N-dealkylation sites (N-methyl/N-ethyl adjacent to an activating group) is 1. The fourth-order valence-corrected chi connectivity index (χ4v) is 3.80. The highest BCUT2D eigenvalue weighted by Gasteiger charge is 2.29. The molecular weight excluding hydrogens is 250 g/mol. The second kappa shape index (κ2) is 8.14. The van der Waals surface area contributed by atoms with Crippen molar-refractivity contribution in [3.05, 3.63) is 0 Å². The minimum absolute atomic E-state index is 0.272. The minimum atomic E-state index is 0.272. The van der Waals surface area contributed by atoms with Gasteiger partial charge in [0.1, 0.15) is 5.78 Å². The summed E-state index contributed by atoms with van der Waals surface area (Å²) in [6.07, 6.45) is 9.65. The van der Waals surface area contributed by atoms with Gasteiger partial charge in [0.05, 0.1) is 6.10 Å². The third-order valence-electron chi connectivity index (χ3n) is 4.89. The van der Waals surface area contributed by atoms with Crippen LogP contribution in [0.25, 0.3) is 0 Å². The maximum atomic E-state index is 12.1. The summed E-state index contributed by atoms with van der Waals surface area (Å²) in [5, 5.41) is 0. The Bertz CT molecular complexity index is 299. The van der Waals surface area contributed by atoms with E-state index in [0.29, 0.717) is 11.9 Å². The van der Waals surface area contributed by atoms with Crippen molar-refractivity contribution in [1.29, 1.82) is 0 Å². The third-order valence-corrected chi connectivity index (χ3v) is 4.89. The van der Waals surface area contributed by atoms with E-state index in [9.17, 15) is 4.79 Å². The van der Waals surface area contributed by atoms with Crippen LogP contribution in [0.3, 0.4) is 0 Å². The largest absolute Gasteiger partial charge is 0.377 e. The van der Waals surface area contributed by atoms with E-state index in [-0.39, 0.29) is 5.92 Å². The molecule has 0 N–H and O–H groups in total. The van der Waals surface area contributed by atoms with Crippen molar-refractivity contribution >= 4 is 5.78 Å². The van der Waals surface area contributed by atoms with Crippen molar-refractivity contribution in [2.24, 2.45) is 11.8 Å². The van der Waals surface area contributed by atoms with Gasteiger partial charge in [-0.1, -0.05) is 19.8 Å². The summed E-state index contributed by atoms with van der Waals surface area (Å²) in [4.78, 5) is 14.4. The molecule has 1 saturated carbocycles. The molecule has 1 heterocycles. The molecule has 3 unspecified atom stereocenters. The molecule has 2 rings (SSSR count). The summed E-state index contributed by atoms with van der Waals surface area (Å²) in [6.45, 7) is 5.08. The van der Waals surface area contributed by atoms with Crippen LogP contribution in [-0.2, 0) is 9.53 Å². The van der Waals surface area contributed by atoms with E-state index in [1.165, 1.54) is 32.1 Å². The van der Waals surface area contributed by atoms with Gasteiger partial charge in [-0.3, -0.25) is 4.79 Å². The first-order valence-corrected chi connectivity index (χ1v) is 8.52. The highest BCUT2D eigenvalue weighted by Crippen LogP contribution is 2.30. The van der Waals surface area contributed by atoms with E-state index >= 15 is 0 Å². The average molecular weight is 281 g/mol. The van der Waals surface area contributed by atoms with Gasteiger partial charge in [0.2, 0.25) is 0 Å². The van der Waals surface area contributed by atoms with E-state index in [0.717, 1.165) is 44.9 Å². The lowest BCUT2D eigenvalue weighted by molar-refractivity contribution is -0.126. The number of Topliss-reactive ketones (excluding diaryl/α,β-unsaturated/α-hetero) is 1. The number of nitrogens with zero attached hydrogens (tertiary/aromatic N) is 1. The number of rotatable bonds is 6. The molecule has 0 amide bonds. The Kier molecular flexibility index (Phi) is 6.50. The van der Waals surface area contributed by atoms with Gasteiger partial charge in [-0.05, 0) is 45.1 Å². The Balaban J connectivity index is 1.76. The van der Waals surface area contributed by atoms with Crippen LogP contribution < -0.4 is 0 Å². The molecule has 3 atom stereocenters. The first-order valence-electron chi connectivity index (χ1n) is 8.52. The smallest absolute Gasteiger partial charge is 0.137 e. The Labute approximate surface area is 124 Å². The first-order chi connectivity index (χ1) is 9.69. The van der Waals surface area contributed by atoms with Crippen LogP contribution in [-0.4, -0.2) is 43.5 Å². The van der Waals surface area contributed by atoms with Crippen molar-refractivity contribution in [3.8, 4) is 0 Å². The normalized spacial score (nSPS) is 31.8. The molecule has 0 spiro atoms. The Morgan fingerprint density at radius 3 is 2.80 bits per heavy atom. The lowest BCUT2D eigenvalue weighted by atomic mass is 9.78. The maximum absolute atomic E-state index is 12.1. The predicted octanol–water partition coefficient (Wildman–Crippen LogP) is 3.27. The SMILES string of the molecule is CCCC1CCC(=O)C(CN(C)CC2CCCCO2)C1. The molecule has 0 aromatic heterocycles. The molecule has 2 aliphatic rings. The summed E-state index contributed by atoms with van der Waals surface area (Å²) >= 11 is 0. The summed E-state index contributed by atoms with van der Waals surface area (Å²) < 4.78 is 5.80. The van der Waals surface area contributed by atoms with Gasteiger partial charge in [0.25, 0.3) is 0 Å². The van der Waals surface area contributed by atoms with Crippen LogP contribution >= 0.6 is 0 Å². The standard InChI is InChI=1S/C17H31NO2/c1-3-6-14-8-9-17(19)15(11-14)12-18(2)13-16-7-4-5-10-20-16/h14-16H,3-13H2,1-2H3. The monoisotopic (exact) mass is 281 g/mol. The van der Waals surface area contributed by atoms with Gasteiger partial charge in [0, 0.05) is 32.0 Å². The van der Waals surface area contributed by atoms with Gasteiger partial charge in [0.15, 0.2) is 0 Å². The van der Waals surface area contributed by atoms with Crippen molar-refractivity contribution in [2.75, 3.05) is 26.7 Å². The predicted molar refractivity (Wildman–Crippen MR) is 81.8 cm³/mol. The molecule has 3 nitrogen and oxygen atoms in total. The number of hydrogen-bond donors (Lipinski definition) is 0. The van der Waals surface area contributed by atoms with Crippen LogP contribution in [0.15, 0.2) is 0 Å². The number of carbonyl (C=O) groups is 1. The molecular formula is C17H31NO2. The first kappa shape index (κ1) is 16.0. The van der Waals surface area contributed by atoms with Crippen LogP contribution in [0.2, 0.25) is 0 Å². The van der Waals surface area contributed by atoms with Crippen molar-refractivity contribution in [3.63, 3.8) is 0 Å². The summed E-state index contributed by atoms with van der Waals surface area (Å²) in [6, 6.07) is 0. The lowest BCUT2D eigenvalue weighted by Crippen LogP contribution is -2.39. The molecule has 3 heteroatoms. The summed E-state index contributed by atoms with van der Waals surface area (Å²) in [5.41, 5.74) is 0. The van der Waals surface area contributed by atoms with Gasteiger partial charge in [-0.25, -0.2) is 0 Å². The maximum Gasteiger partial charge on any atom is 0.137 e. The Hall–Kier alpha value is -0.410. The average Bonchev–Trinajstić information content (AvgIpc) is 2.44. The van der Waals surface area contributed by atoms with Crippen LogP contribution in [0.4, 0.5) is 0 Å². The zero-order valence-electron chi connectivity index (χ0n) is 13.3. The fourth-order valence-electron chi connectivity index (χ4n) is 3.80. The van der Waals surface area contributed by atoms with Crippen LogP contribution in [0, 0.1) is 11.8 Å². The third kappa shape index (κ3) is 4.85. The van der Waals surface area contributed by atoms with E-state index in [1.54, 1.807) is 0 Å². The number of ketones is 1. The molecule has 20 heavy (non-hydrogen) atoms. The molecule has 116 valence electrons. The zero-order chi connectivity index (χ0) is 14.4. The lowest BCUT2D eigenvalue weighted by Gasteiger charge is -2.33. The molecule has 0 aromatic rings. The van der Waals surface area contributed by atoms with Gasteiger partial charge < -0.3 is 9.64 Å². The summed E-state index contributed by atoms with van der Waals surface area (Å²) in [7, 11) is 2.15. The van der Waals surface area contributed by atoms with E-state index in [4.69, 9.17) is 4.74 Å². The topological polar surface area (TPSA) is 29.5 Å². The van der Waals surface area contributed by atoms with Crippen molar-refractivity contribution in [1.82, 2.24) is 4.90 Å². The number of ether oxygens (including phenoxy) is 1. The molecule has 0 radical (unpaired) electrons. The van der Waals surface area contributed by atoms with E-state index < -0.39 is 0 Å². The molecule has 0 bridgehead atoms. The van der Waals surface area contributed by atoms with E-state index in [1.807, 2.05) is 0 Å². The second-order valence-corrected chi connectivity index (χ2v) is 6.80. The van der Waals surface area contributed by atoms with Gasteiger partial charge in [-0.15, -0.1) is 0 Å². The van der Waals surface area contributed by atoms with Gasteiger partial charge >= 0.3 is 0 Å². The second-order valence-electron chi connectivity index (χ2n) is 6.80. The molecule has 0 aromatic carbocycles. The number of hydrogen-bond acceptors (Lipinski definition) is 3. The van der Waals surface area contributed by atoms with Crippen LogP contribution in [0.1, 0.15) is 58.3 Å². The van der Waals surface area contributed by atoms with E-state index in [2.05, 4.69) is 18.9 Å². The molecule has 1 saturated heterocycles. The summed E-state index contributed by atoms with van der Waals surface area (Å²) in [5.74, 6) is 1.55.